The van der Waals surface area contributed by atoms with Gasteiger partial charge in [0, 0.05) is 29.1 Å². The van der Waals surface area contributed by atoms with Crippen LogP contribution in [-0.2, 0) is 4.79 Å². The van der Waals surface area contributed by atoms with Crippen molar-refractivity contribution < 1.29 is 14.7 Å². The van der Waals surface area contributed by atoms with Gasteiger partial charge in [-0.25, -0.2) is 4.98 Å². The summed E-state index contributed by atoms with van der Waals surface area (Å²) in [5, 5.41) is 12.1. The fourth-order valence-electron chi connectivity index (χ4n) is 2.63. The molecule has 0 aliphatic heterocycles. The number of carbonyl (C=O) groups excluding carboxylic acids is 1. The minimum Gasteiger partial charge on any atom is -0.481 e. The van der Waals surface area contributed by atoms with Gasteiger partial charge in [-0.1, -0.05) is 19.1 Å². The van der Waals surface area contributed by atoms with Crippen molar-refractivity contribution in [2.24, 2.45) is 5.92 Å². The van der Waals surface area contributed by atoms with E-state index in [1.165, 1.54) is 0 Å². The highest BCUT2D eigenvalue weighted by atomic mass is 32.1. The summed E-state index contributed by atoms with van der Waals surface area (Å²) < 4.78 is 0. The zero-order chi connectivity index (χ0) is 17.3. The highest BCUT2D eigenvalue weighted by Crippen LogP contribution is 2.30. The van der Waals surface area contributed by atoms with Crippen LogP contribution in [0.15, 0.2) is 29.6 Å². The van der Waals surface area contributed by atoms with Gasteiger partial charge in [0.05, 0.1) is 16.6 Å². The van der Waals surface area contributed by atoms with Crippen molar-refractivity contribution >= 4 is 23.2 Å². The molecule has 0 spiro atoms. The maximum Gasteiger partial charge on any atom is 0.308 e. The Hall–Kier alpha value is -2.21. The van der Waals surface area contributed by atoms with Crippen LogP contribution in [0.4, 0.5) is 0 Å². The Labute approximate surface area is 145 Å². The van der Waals surface area contributed by atoms with E-state index in [2.05, 4.69) is 4.98 Å². The summed E-state index contributed by atoms with van der Waals surface area (Å²) in [4.78, 5) is 30.2. The van der Waals surface area contributed by atoms with Crippen LogP contribution >= 0.6 is 11.3 Å². The van der Waals surface area contributed by atoms with Gasteiger partial charge in [-0.05, 0) is 31.9 Å². The maximum atomic E-state index is 12.9. The summed E-state index contributed by atoms with van der Waals surface area (Å²) in [6.07, 6.45) is 1.89. The molecule has 5 nitrogen and oxygen atoms in total. The molecule has 3 rings (SSSR count). The van der Waals surface area contributed by atoms with Crippen molar-refractivity contribution in [3.8, 4) is 11.3 Å². The lowest BCUT2D eigenvalue weighted by atomic mass is 10.1. The van der Waals surface area contributed by atoms with Crippen molar-refractivity contribution in [2.75, 3.05) is 6.54 Å². The second kappa shape index (κ2) is 6.73. The Bertz CT molecular complexity index is 767. The van der Waals surface area contributed by atoms with E-state index in [1.807, 2.05) is 30.5 Å². The second-order valence-corrected chi connectivity index (χ2v) is 7.32. The third-order valence-corrected chi connectivity index (χ3v) is 4.94. The minimum absolute atomic E-state index is 0.0978. The smallest absolute Gasteiger partial charge is 0.308 e. The van der Waals surface area contributed by atoms with Gasteiger partial charge in [-0.2, -0.15) is 0 Å². The predicted octanol–water partition coefficient (Wildman–Crippen LogP) is 3.44. The molecule has 1 N–H and O–H groups in total. The first-order valence-corrected chi connectivity index (χ1v) is 8.90. The lowest BCUT2D eigenvalue weighted by Crippen LogP contribution is -2.38. The highest BCUT2D eigenvalue weighted by molar-refractivity contribution is 7.09. The molecule has 1 aromatic carbocycles. The van der Waals surface area contributed by atoms with Gasteiger partial charge < -0.3 is 10.0 Å². The Morgan fingerprint density at radius 1 is 1.42 bits per heavy atom. The van der Waals surface area contributed by atoms with Crippen molar-refractivity contribution in [2.45, 2.75) is 32.7 Å². The van der Waals surface area contributed by atoms with Crippen LogP contribution in [0.2, 0.25) is 0 Å². The van der Waals surface area contributed by atoms with Gasteiger partial charge in [0.1, 0.15) is 0 Å². The zero-order valence-corrected chi connectivity index (χ0v) is 14.5. The number of aryl methyl sites for hydroxylation is 1. The number of rotatable bonds is 6. The van der Waals surface area contributed by atoms with Gasteiger partial charge in [0.25, 0.3) is 5.91 Å². The summed E-state index contributed by atoms with van der Waals surface area (Å²) in [5.74, 6) is -1.54. The molecule has 0 unspecified atom stereocenters. The molecule has 1 atom stereocenters. The monoisotopic (exact) mass is 344 g/mol. The van der Waals surface area contributed by atoms with Crippen molar-refractivity contribution in [3.63, 3.8) is 0 Å². The molecule has 126 valence electrons. The minimum atomic E-state index is -0.875. The zero-order valence-electron chi connectivity index (χ0n) is 13.7. The molecule has 1 aliphatic rings. The highest BCUT2D eigenvalue weighted by Gasteiger charge is 2.35. The number of thiazole rings is 1. The molecule has 1 aliphatic carbocycles. The van der Waals surface area contributed by atoms with Crippen LogP contribution < -0.4 is 0 Å². The molecule has 1 aromatic heterocycles. The van der Waals surface area contributed by atoms with Crippen LogP contribution in [0, 0.1) is 12.8 Å². The van der Waals surface area contributed by atoms with Gasteiger partial charge in [0.2, 0.25) is 0 Å². The first-order valence-electron chi connectivity index (χ1n) is 8.02. The third kappa shape index (κ3) is 3.64. The number of carboxylic acid groups (broad SMARTS) is 1. The average molecular weight is 344 g/mol. The number of aromatic nitrogens is 1. The lowest BCUT2D eigenvalue weighted by Gasteiger charge is -2.24. The molecule has 24 heavy (non-hydrogen) atoms. The number of hydrogen-bond donors (Lipinski definition) is 1. The number of aliphatic carboxylic acids is 1. The van der Waals surface area contributed by atoms with Crippen molar-refractivity contribution in [3.05, 3.63) is 40.2 Å². The largest absolute Gasteiger partial charge is 0.481 e. The SMILES string of the molecule is Cc1nc(-c2cccc(C(=O)N(C[C@H](C)C(=O)O)C3CC3)c2)cs1. The van der Waals surface area contributed by atoms with Crippen LogP contribution in [0.3, 0.4) is 0 Å². The Kier molecular flexibility index (Phi) is 4.66. The fourth-order valence-corrected chi connectivity index (χ4v) is 3.25. The molecule has 1 heterocycles. The summed E-state index contributed by atoms with van der Waals surface area (Å²) >= 11 is 1.57. The molecule has 0 saturated heterocycles. The summed E-state index contributed by atoms with van der Waals surface area (Å²) in [7, 11) is 0. The van der Waals surface area contributed by atoms with Crippen molar-refractivity contribution in [1.29, 1.82) is 0 Å². The van der Waals surface area contributed by atoms with E-state index < -0.39 is 11.9 Å². The third-order valence-electron chi connectivity index (χ3n) is 4.16. The van der Waals surface area contributed by atoms with Crippen molar-refractivity contribution in [1.82, 2.24) is 9.88 Å². The summed E-state index contributed by atoms with van der Waals surface area (Å²) in [6, 6.07) is 7.59. The first-order chi connectivity index (χ1) is 11.5. The molecule has 1 fully saturated rings. The molecule has 0 radical (unpaired) electrons. The number of carbonyl (C=O) groups is 2. The second-order valence-electron chi connectivity index (χ2n) is 6.26. The van der Waals surface area contributed by atoms with E-state index in [1.54, 1.807) is 29.2 Å². The van der Waals surface area contributed by atoms with Gasteiger partial charge in [0.15, 0.2) is 0 Å². The number of nitrogens with zero attached hydrogens (tertiary/aromatic N) is 2. The lowest BCUT2D eigenvalue weighted by molar-refractivity contribution is -0.141. The molecule has 2 aromatic rings. The average Bonchev–Trinajstić information content (AvgIpc) is 3.32. The number of hydrogen-bond acceptors (Lipinski definition) is 4. The fraction of sp³-hybridized carbons (Fsp3) is 0.389. The molecule has 6 heteroatoms. The van der Waals surface area contributed by atoms with Crippen LogP contribution in [0.25, 0.3) is 11.3 Å². The van der Waals surface area contributed by atoms with Crippen LogP contribution in [0.1, 0.15) is 35.1 Å². The quantitative estimate of drug-likeness (QED) is 0.871. The maximum absolute atomic E-state index is 12.9. The van der Waals surface area contributed by atoms with E-state index in [-0.39, 0.29) is 18.5 Å². The molecule has 1 amide bonds. The molecular weight excluding hydrogens is 324 g/mol. The summed E-state index contributed by atoms with van der Waals surface area (Å²) in [6.45, 7) is 3.84. The van der Waals surface area contributed by atoms with Crippen LogP contribution in [0.5, 0.6) is 0 Å². The molecular formula is C18H20N2O3S. The molecule has 1 saturated carbocycles. The topological polar surface area (TPSA) is 70.5 Å². The Balaban J connectivity index is 1.84. The van der Waals surface area contributed by atoms with E-state index in [0.29, 0.717) is 5.56 Å². The van der Waals surface area contributed by atoms with Gasteiger partial charge in [-0.3, -0.25) is 9.59 Å². The summed E-state index contributed by atoms with van der Waals surface area (Å²) in [5.41, 5.74) is 2.36. The Morgan fingerprint density at radius 3 is 2.75 bits per heavy atom. The van der Waals surface area contributed by atoms with Gasteiger partial charge in [-0.15, -0.1) is 11.3 Å². The predicted molar refractivity (Wildman–Crippen MR) is 93.1 cm³/mol. The van der Waals surface area contributed by atoms with Crippen LogP contribution in [-0.4, -0.2) is 39.5 Å². The van der Waals surface area contributed by atoms with Gasteiger partial charge >= 0.3 is 5.97 Å². The molecule has 0 bridgehead atoms. The van der Waals surface area contributed by atoms with E-state index >= 15 is 0 Å². The van der Waals surface area contributed by atoms with E-state index in [0.717, 1.165) is 29.1 Å². The standard InChI is InChI=1S/C18H20N2O3S/c1-11(18(22)23)9-20(15-6-7-15)17(21)14-5-3-4-13(8-14)16-10-24-12(2)19-16/h3-5,8,10-11,15H,6-7,9H2,1-2H3,(H,22,23)/t11-/m0/s1. The Morgan fingerprint density at radius 2 is 2.17 bits per heavy atom. The van der Waals surface area contributed by atoms with E-state index in [4.69, 9.17) is 5.11 Å². The number of amides is 1. The first kappa shape index (κ1) is 16.6. The number of carboxylic acids is 1. The number of benzene rings is 1. The van der Waals surface area contributed by atoms with E-state index in [9.17, 15) is 9.59 Å². The normalized spacial score (nSPS) is 15.1.